The molecule has 1 aromatic carbocycles. The number of benzene rings is 1. The number of hydrogen-bond donors (Lipinski definition) is 2. The fourth-order valence-corrected chi connectivity index (χ4v) is 4.01. The highest BCUT2D eigenvalue weighted by molar-refractivity contribution is 5.52. The first-order valence-corrected chi connectivity index (χ1v) is 11.3. The van der Waals surface area contributed by atoms with E-state index in [4.69, 9.17) is 9.47 Å². The second-order valence-corrected chi connectivity index (χ2v) is 10.6. The third kappa shape index (κ3) is 7.18. The van der Waals surface area contributed by atoms with Gasteiger partial charge in [-0.2, -0.15) is 0 Å². The van der Waals surface area contributed by atoms with Gasteiger partial charge in [0, 0.05) is 23.7 Å². The first-order chi connectivity index (χ1) is 13.5. The molecular formula is C25H43NO3. The molecule has 2 rings (SSSR count). The standard InChI is InChI=1S/C25H43NO3/c1-24(2,3)21-14-20(28-7)15-22(25(4,5)6)23(21)29-17-19(27)16-26-18-12-10-8-9-11-13-18/h14-15,18-19,26-27H,8-13,16-17H2,1-7H3. The maximum Gasteiger partial charge on any atom is 0.127 e. The lowest BCUT2D eigenvalue weighted by Crippen LogP contribution is -2.38. The highest BCUT2D eigenvalue weighted by atomic mass is 16.5. The average Bonchev–Trinajstić information content (AvgIpc) is 2.91. The van der Waals surface area contributed by atoms with Gasteiger partial charge in [-0.15, -0.1) is 0 Å². The predicted octanol–water partition coefficient (Wildman–Crippen LogP) is 5.34. The molecule has 0 radical (unpaired) electrons. The summed E-state index contributed by atoms with van der Waals surface area (Å²) < 4.78 is 11.9. The molecule has 4 nitrogen and oxygen atoms in total. The minimum atomic E-state index is -0.527. The van der Waals surface area contributed by atoms with Gasteiger partial charge in [0.1, 0.15) is 24.2 Å². The Morgan fingerprint density at radius 2 is 1.48 bits per heavy atom. The highest BCUT2D eigenvalue weighted by Crippen LogP contribution is 2.42. The predicted molar refractivity (Wildman–Crippen MR) is 121 cm³/mol. The van der Waals surface area contributed by atoms with E-state index in [1.165, 1.54) is 38.5 Å². The van der Waals surface area contributed by atoms with E-state index in [1.54, 1.807) is 7.11 Å². The molecule has 0 heterocycles. The first-order valence-electron chi connectivity index (χ1n) is 11.3. The Morgan fingerprint density at radius 1 is 0.966 bits per heavy atom. The molecule has 166 valence electrons. The van der Waals surface area contributed by atoms with E-state index in [9.17, 15) is 5.11 Å². The van der Waals surface area contributed by atoms with Crippen molar-refractivity contribution in [2.45, 2.75) is 103 Å². The fraction of sp³-hybridized carbons (Fsp3) is 0.760. The quantitative estimate of drug-likeness (QED) is 0.601. The Bertz CT molecular complexity index is 599. The smallest absolute Gasteiger partial charge is 0.127 e. The summed E-state index contributed by atoms with van der Waals surface area (Å²) in [7, 11) is 1.71. The van der Waals surface area contributed by atoms with Crippen LogP contribution in [0.5, 0.6) is 11.5 Å². The van der Waals surface area contributed by atoms with Crippen molar-refractivity contribution in [3.05, 3.63) is 23.3 Å². The van der Waals surface area contributed by atoms with Gasteiger partial charge in [0.15, 0.2) is 0 Å². The average molecular weight is 406 g/mol. The van der Waals surface area contributed by atoms with Crippen LogP contribution in [0.4, 0.5) is 0 Å². The molecule has 1 fully saturated rings. The van der Waals surface area contributed by atoms with E-state index >= 15 is 0 Å². The minimum Gasteiger partial charge on any atom is -0.497 e. The van der Waals surface area contributed by atoms with Crippen LogP contribution in [-0.4, -0.2) is 37.5 Å². The molecule has 0 bridgehead atoms. The van der Waals surface area contributed by atoms with Gasteiger partial charge in [0.2, 0.25) is 0 Å². The van der Waals surface area contributed by atoms with Gasteiger partial charge < -0.3 is 19.9 Å². The first kappa shape index (κ1) is 24.0. The zero-order chi connectivity index (χ0) is 21.7. The van der Waals surface area contributed by atoms with E-state index in [1.807, 2.05) is 0 Å². The molecule has 1 atom stereocenters. The van der Waals surface area contributed by atoms with Crippen molar-refractivity contribution in [2.24, 2.45) is 0 Å². The molecule has 0 amide bonds. The third-order valence-electron chi connectivity index (χ3n) is 5.83. The van der Waals surface area contributed by atoms with Gasteiger partial charge >= 0.3 is 0 Å². The van der Waals surface area contributed by atoms with Crippen LogP contribution in [0.3, 0.4) is 0 Å². The Labute approximate surface area is 178 Å². The Balaban J connectivity index is 2.13. The summed E-state index contributed by atoms with van der Waals surface area (Å²) in [5.41, 5.74) is 2.05. The monoisotopic (exact) mass is 405 g/mol. The van der Waals surface area contributed by atoms with E-state index in [-0.39, 0.29) is 17.4 Å². The molecule has 1 unspecified atom stereocenters. The summed E-state index contributed by atoms with van der Waals surface area (Å²) >= 11 is 0. The SMILES string of the molecule is COc1cc(C(C)(C)C)c(OCC(O)CNC2CCCCCC2)c(C(C)(C)C)c1. The van der Waals surface area contributed by atoms with Crippen LogP contribution in [0, 0.1) is 0 Å². The van der Waals surface area contributed by atoms with E-state index < -0.39 is 6.10 Å². The van der Waals surface area contributed by atoms with Crippen molar-refractivity contribution < 1.29 is 14.6 Å². The second kappa shape index (κ2) is 10.2. The number of methoxy groups -OCH3 is 1. The van der Waals surface area contributed by atoms with Crippen LogP contribution < -0.4 is 14.8 Å². The topological polar surface area (TPSA) is 50.7 Å². The van der Waals surface area contributed by atoms with Gasteiger partial charge in [-0.3, -0.25) is 0 Å². The molecule has 2 N–H and O–H groups in total. The molecule has 0 aromatic heterocycles. The van der Waals surface area contributed by atoms with Crippen molar-refractivity contribution >= 4 is 0 Å². The van der Waals surface area contributed by atoms with Gasteiger partial charge in [-0.25, -0.2) is 0 Å². The summed E-state index contributed by atoms with van der Waals surface area (Å²) in [4.78, 5) is 0. The number of ether oxygens (including phenoxy) is 2. The van der Waals surface area contributed by atoms with E-state index in [2.05, 4.69) is 59.0 Å². The van der Waals surface area contributed by atoms with Crippen molar-refractivity contribution in [3.8, 4) is 11.5 Å². The molecule has 0 saturated heterocycles. The van der Waals surface area contributed by atoms with Crippen LogP contribution >= 0.6 is 0 Å². The summed E-state index contributed by atoms with van der Waals surface area (Å²) in [5, 5.41) is 14.1. The molecule has 4 heteroatoms. The summed E-state index contributed by atoms with van der Waals surface area (Å²) in [6, 6.07) is 4.67. The van der Waals surface area contributed by atoms with Gasteiger partial charge in [-0.05, 0) is 35.8 Å². The van der Waals surface area contributed by atoms with Crippen molar-refractivity contribution in [3.63, 3.8) is 0 Å². The second-order valence-electron chi connectivity index (χ2n) is 10.6. The molecule has 1 aliphatic rings. The third-order valence-corrected chi connectivity index (χ3v) is 5.83. The van der Waals surface area contributed by atoms with Gasteiger partial charge in [-0.1, -0.05) is 67.2 Å². The molecule has 0 spiro atoms. The van der Waals surface area contributed by atoms with Crippen LogP contribution in [0.25, 0.3) is 0 Å². The number of nitrogens with one attached hydrogen (secondary N) is 1. The summed E-state index contributed by atoms with van der Waals surface area (Å²) in [6.45, 7) is 14.0. The number of hydrogen-bond acceptors (Lipinski definition) is 4. The Kier molecular flexibility index (Phi) is 8.42. The molecule has 1 aliphatic carbocycles. The fourth-order valence-electron chi connectivity index (χ4n) is 4.01. The molecular weight excluding hydrogens is 362 g/mol. The van der Waals surface area contributed by atoms with Crippen LogP contribution in [0.1, 0.15) is 91.2 Å². The van der Waals surface area contributed by atoms with Crippen molar-refractivity contribution in [1.82, 2.24) is 5.32 Å². The minimum absolute atomic E-state index is 0.0899. The normalized spacial score (nSPS) is 17.7. The summed E-state index contributed by atoms with van der Waals surface area (Å²) in [5.74, 6) is 1.74. The lowest BCUT2D eigenvalue weighted by atomic mass is 9.79. The molecule has 1 saturated carbocycles. The molecule has 0 aliphatic heterocycles. The number of aliphatic hydroxyl groups is 1. The lowest BCUT2D eigenvalue weighted by Gasteiger charge is -2.31. The Hall–Kier alpha value is -1.26. The Morgan fingerprint density at radius 3 is 1.93 bits per heavy atom. The van der Waals surface area contributed by atoms with Gasteiger partial charge in [0.25, 0.3) is 0 Å². The van der Waals surface area contributed by atoms with Crippen LogP contribution in [-0.2, 0) is 10.8 Å². The van der Waals surface area contributed by atoms with Crippen molar-refractivity contribution in [2.75, 3.05) is 20.3 Å². The zero-order valence-electron chi connectivity index (χ0n) is 19.7. The largest absolute Gasteiger partial charge is 0.497 e. The lowest BCUT2D eigenvalue weighted by molar-refractivity contribution is 0.101. The van der Waals surface area contributed by atoms with E-state index in [0.717, 1.165) is 22.6 Å². The molecule has 29 heavy (non-hydrogen) atoms. The van der Waals surface area contributed by atoms with Crippen LogP contribution in [0.15, 0.2) is 12.1 Å². The maximum absolute atomic E-state index is 10.6. The number of rotatable bonds is 7. The van der Waals surface area contributed by atoms with Crippen molar-refractivity contribution in [1.29, 1.82) is 0 Å². The summed E-state index contributed by atoms with van der Waals surface area (Å²) in [6.07, 6.45) is 7.17. The molecule has 1 aromatic rings. The highest BCUT2D eigenvalue weighted by Gasteiger charge is 2.28. The number of aliphatic hydroxyl groups excluding tert-OH is 1. The maximum atomic E-state index is 10.6. The van der Waals surface area contributed by atoms with Gasteiger partial charge in [0.05, 0.1) is 7.11 Å². The zero-order valence-corrected chi connectivity index (χ0v) is 19.7. The van der Waals surface area contributed by atoms with E-state index in [0.29, 0.717) is 12.6 Å². The van der Waals surface area contributed by atoms with Crippen LogP contribution in [0.2, 0.25) is 0 Å².